The Kier molecular flexibility index (Phi) is 5.67. The van der Waals surface area contributed by atoms with Crippen molar-refractivity contribution in [3.63, 3.8) is 0 Å². The topological polar surface area (TPSA) is 100 Å². The second-order valence-electron chi connectivity index (χ2n) is 4.84. The minimum atomic E-state index is -0.410. The van der Waals surface area contributed by atoms with Crippen LogP contribution in [0.25, 0.3) is 0 Å². The molecule has 0 aliphatic heterocycles. The number of nitrogens with zero attached hydrogens (tertiary/aromatic N) is 1. The normalized spacial score (nSPS) is 20.2. The summed E-state index contributed by atoms with van der Waals surface area (Å²) in [6.07, 6.45) is 3.12. The fourth-order valence-electron chi connectivity index (χ4n) is 1.91. The van der Waals surface area contributed by atoms with Gasteiger partial charge in [0.1, 0.15) is 5.84 Å². The van der Waals surface area contributed by atoms with E-state index in [9.17, 15) is 5.11 Å². The molecule has 0 aromatic heterocycles. The van der Waals surface area contributed by atoms with Gasteiger partial charge in [-0.15, -0.1) is 0 Å². The van der Waals surface area contributed by atoms with Crippen LogP contribution in [0.4, 0.5) is 0 Å². The molecule has 0 spiro atoms. The van der Waals surface area contributed by atoms with Gasteiger partial charge in [-0.25, -0.2) is 0 Å². The summed E-state index contributed by atoms with van der Waals surface area (Å²) in [5.41, 5.74) is 5.68. The summed E-state index contributed by atoms with van der Waals surface area (Å²) in [6, 6.07) is 0. The van der Waals surface area contributed by atoms with E-state index in [1.165, 1.54) is 0 Å². The number of nitrogens with one attached hydrogen (secondary N) is 1. The highest BCUT2D eigenvalue weighted by molar-refractivity contribution is 5.80. The van der Waals surface area contributed by atoms with E-state index < -0.39 is 6.10 Å². The zero-order valence-corrected chi connectivity index (χ0v) is 10.4. The molecule has 100 valence electrons. The van der Waals surface area contributed by atoms with Crippen LogP contribution in [0, 0.1) is 5.41 Å². The molecule has 0 heterocycles. The Morgan fingerprint density at radius 2 is 2.29 bits per heavy atom. The van der Waals surface area contributed by atoms with Crippen LogP contribution in [0.5, 0.6) is 0 Å². The van der Waals surface area contributed by atoms with Crippen molar-refractivity contribution >= 4 is 5.84 Å². The summed E-state index contributed by atoms with van der Waals surface area (Å²) < 4.78 is 4.84. The largest absolute Gasteiger partial charge is 0.409 e. The lowest BCUT2D eigenvalue weighted by molar-refractivity contribution is 0.0592. The molecule has 6 nitrogen and oxygen atoms in total. The smallest absolute Gasteiger partial charge is 0.139 e. The maximum absolute atomic E-state index is 9.44. The van der Waals surface area contributed by atoms with Crippen molar-refractivity contribution in [3.05, 3.63) is 0 Å². The van der Waals surface area contributed by atoms with E-state index in [2.05, 4.69) is 10.5 Å². The highest BCUT2D eigenvalue weighted by Gasteiger charge is 2.42. The van der Waals surface area contributed by atoms with E-state index in [1.807, 2.05) is 0 Å². The van der Waals surface area contributed by atoms with Crippen LogP contribution in [0.2, 0.25) is 0 Å². The maximum atomic E-state index is 9.44. The molecule has 1 atom stereocenters. The van der Waals surface area contributed by atoms with E-state index in [4.69, 9.17) is 15.7 Å². The van der Waals surface area contributed by atoms with Crippen LogP contribution in [-0.4, -0.2) is 49.1 Å². The van der Waals surface area contributed by atoms with E-state index in [0.717, 1.165) is 25.9 Å². The van der Waals surface area contributed by atoms with Crippen molar-refractivity contribution in [2.45, 2.75) is 31.8 Å². The highest BCUT2D eigenvalue weighted by atomic mass is 16.5. The molecular weight excluding hydrogens is 222 g/mol. The molecule has 0 bridgehead atoms. The van der Waals surface area contributed by atoms with Crippen LogP contribution in [0.1, 0.15) is 25.7 Å². The lowest BCUT2D eigenvalue weighted by Gasteiger charge is -2.16. The summed E-state index contributed by atoms with van der Waals surface area (Å²) in [5.74, 6) is 0.295. The summed E-state index contributed by atoms with van der Waals surface area (Å²) >= 11 is 0. The van der Waals surface area contributed by atoms with Gasteiger partial charge < -0.3 is 26.1 Å². The van der Waals surface area contributed by atoms with Gasteiger partial charge in [0.15, 0.2) is 0 Å². The lowest BCUT2D eigenvalue weighted by atomic mass is 10.0. The number of hydrogen-bond donors (Lipinski definition) is 4. The molecule has 17 heavy (non-hydrogen) atoms. The Bertz CT molecular complexity index is 254. The Hall–Kier alpha value is -0.850. The first-order chi connectivity index (χ1) is 8.12. The summed E-state index contributed by atoms with van der Waals surface area (Å²) in [7, 11) is 1.58. The molecule has 1 fully saturated rings. The van der Waals surface area contributed by atoms with Gasteiger partial charge in [-0.1, -0.05) is 5.16 Å². The predicted octanol–water partition coefficient (Wildman–Crippen LogP) is -0.110. The van der Waals surface area contributed by atoms with Crippen LogP contribution >= 0.6 is 0 Å². The van der Waals surface area contributed by atoms with Gasteiger partial charge >= 0.3 is 0 Å². The minimum Gasteiger partial charge on any atom is -0.409 e. The molecule has 6 heteroatoms. The maximum Gasteiger partial charge on any atom is 0.139 e. The Labute approximate surface area is 102 Å². The molecule has 1 aliphatic carbocycles. The van der Waals surface area contributed by atoms with Gasteiger partial charge in [0.05, 0.1) is 12.7 Å². The Balaban J connectivity index is 2.10. The SMILES string of the molecule is COCC(O)CCNCC1(CC(N)=NO)CC1. The van der Waals surface area contributed by atoms with Crippen LogP contribution in [0.3, 0.4) is 0 Å². The summed E-state index contributed by atoms with van der Waals surface area (Å²) in [6.45, 7) is 1.97. The van der Waals surface area contributed by atoms with E-state index in [-0.39, 0.29) is 5.41 Å². The van der Waals surface area contributed by atoms with Gasteiger partial charge in [0.25, 0.3) is 0 Å². The van der Waals surface area contributed by atoms with Gasteiger partial charge in [0, 0.05) is 20.1 Å². The molecule has 1 unspecified atom stereocenters. The number of oxime groups is 1. The van der Waals surface area contributed by atoms with Crippen molar-refractivity contribution in [2.24, 2.45) is 16.3 Å². The monoisotopic (exact) mass is 245 g/mol. The van der Waals surface area contributed by atoms with Crippen molar-refractivity contribution in [1.82, 2.24) is 5.32 Å². The molecule has 0 saturated heterocycles. The molecule has 5 N–H and O–H groups in total. The number of nitrogens with two attached hydrogens (primary N) is 1. The molecule has 1 aliphatic rings. The number of rotatable bonds is 9. The van der Waals surface area contributed by atoms with Crippen LogP contribution in [-0.2, 0) is 4.74 Å². The first kappa shape index (κ1) is 14.2. The molecule has 1 saturated carbocycles. The molecule has 0 radical (unpaired) electrons. The fraction of sp³-hybridized carbons (Fsp3) is 0.909. The van der Waals surface area contributed by atoms with Crippen molar-refractivity contribution in [2.75, 3.05) is 26.8 Å². The third kappa shape index (κ3) is 5.34. The van der Waals surface area contributed by atoms with E-state index in [0.29, 0.717) is 25.3 Å². The van der Waals surface area contributed by atoms with Gasteiger partial charge in [-0.05, 0) is 31.2 Å². The first-order valence-corrected chi connectivity index (χ1v) is 5.96. The van der Waals surface area contributed by atoms with Crippen molar-refractivity contribution in [3.8, 4) is 0 Å². The van der Waals surface area contributed by atoms with Gasteiger partial charge in [0.2, 0.25) is 0 Å². The van der Waals surface area contributed by atoms with E-state index in [1.54, 1.807) is 7.11 Å². The standard InChI is InChI=1S/C11H23N3O3/c1-17-7-9(15)2-5-13-8-11(3-4-11)6-10(12)14-16/h9,13,15-16H,2-8H2,1H3,(H2,12,14). The minimum absolute atomic E-state index is 0.169. The first-order valence-electron chi connectivity index (χ1n) is 5.96. The Morgan fingerprint density at radius 1 is 1.59 bits per heavy atom. The van der Waals surface area contributed by atoms with Crippen molar-refractivity contribution in [1.29, 1.82) is 0 Å². The van der Waals surface area contributed by atoms with Crippen molar-refractivity contribution < 1.29 is 15.1 Å². The predicted molar refractivity (Wildman–Crippen MR) is 65.1 cm³/mol. The number of methoxy groups -OCH3 is 1. The quantitative estimate of drug-likeness (QED) is 0.149. The number of ether oxygens (including phenoxy) is 1. The number of hydrogen-bond acceptors (Lipinski definition) is 5. The molecule has 1 rings (SSSR count). The number of amidine groups is 1. The van der Waals surface area contributed by atoms with Crippen LogP contribution < -0.4 is 11.1 Å². The summed E-state index contributed by atoms with van der Waals surface area (Å²) in [5, 5.41) is 24.3. The Morgan fingerprint density at radius 3 is 2.82 bits per heavy atom. The third-order valence-corrected chi connectivity index (χ3v) is 3.16. The number of aliphatic hydroxyl groups is 1. The average Bonchev–Trinajstić information content (AvgIpc) is 3.05. The second kappa shape index (κ2) is 6.78. The fourth-order valence-corrected chi connectivity index (χ4v) is 1.91. The summed E-state index contributed by atoms with van der Waals surface area (Å²) in [4.78, 5) is 0. The molecule has 0 aromatic rings. The van der Waals surface area contributed by atoms with Gasteiger partial charge in [-0.2, -0.15) is 0 Å². The molecular formula is C11H23N3O3. The second-order valence-corrected chi connectivity index (χ2v) is 4.84. The third-order valence-electron chi connectivity index (χ3n) is 3.16. The molecule has 0 amide bonds. The van der Waals surface area contributed by atoms with Gasteiger partial charge in [-0.3, -0.25) is 0 Å². The number of aliphatic hydroxyl groups excluding tert-OH is 1. The highest BCUT2D eigenvalue weighted by Crippen LogP contribution is 2.48. The zero-order chi connectivity index (χ0) is 12.7. The zero-order valence-electron chi connectivity index (χ0n) is 10.4. The lowest BCUT2D eigenvalue weighted by Crippen LogP contribution is -2.31. The molecule has 0 aromatic carbocycles. The average molecular weight is 245 g/mol. The van der Waals surface area contributed by atoms with E-state index >= 15 is 0 Å². The van der Waals surface area contributed by atoms with Crippen LogP contribution in [0.15, 0.2) is 5.16 Å².